The van der Waals surface area contributed by atoms with Gasteiger partial charge in [-0.15, -0.1) is 0 Å². The quantitative estimate of drug-likeness (QED) is 0.791. The van der Waals surface area contributed by atoms with Gasteiger partial charge in [-0.1, -0.05) is 19.8 Å². The topological polar surface area (TPSA) is 57.9 Å². The maximum absolute atomic E-state index is 12.5. The van der Waals surface area contributed by atoms with E-state index >= 15 is 0 Å². The van der Waals surface area contributed by atoms with Crippen LogP contribution in [0.5, 0.6) is 0 Å². The minimum atomic E-state index is -3.08. The number of hydrogen-bond acceptors (Lipinski definition) is 3. The summed E-state index contributed by atoms with van der Waals surface area (Å²) in [6.45, 7) is 2.10. The van der Waals surface area contributed by atoms with Gasteiger partial charge < -0.3 is 0 Å². The predicted molar refractivity (Wildman–Crippen MR) is 71.7 cm³/mol. The molecule has 2 aliphatic carbocycles. The third-order valence-electron chi connectivity index (χ3n) is 4.62. The van der Waals surface area contributed by atoms with Crippen LogP contribution in [0.4, 0.5) is 0 Å². The fourth-order valence-electron chi connectivity index (χ4n) is 3.50. The van der Waals surface area contributed by atoms with Gasteiger partial charge in [-0.2, -0.15) is 5.26 Å². The largest absolute Gasteiger partial charge is 0.228 e. The first kappa shape index (κ1) is 13.9. The summed E-state index contributed by atoms with van der Waals surface area (Å²) in [6.07, 6.45) is 6.89. The van der Waals surface area contributed by atoms with Gasteiger partial charge in [0.15, 0.2) is 9.84 Å². The van der Waals surface area contributed by atoms with Gasteiger partial charge >= 0.3 is 0 Å². The molecule has 0 aromatic carbocycles. The fraction of sp³-hybridized carbons (Fsp3) is 0.929. The van der Waals surface area contributed by atoms with Crippen LogP contribution in [0.1, 0.15) is 51.9 Å². The van der Waals surface area contributed by atoms with Crippen molar-refractivity contribution < 1.29 is 8.42 Å². The Labute approximate surface area is 110 Å². The highest BCUT2D eigenvalue weighted by Gasteiger charge is 2.39. The third kappa shape index (κ3) is 3.06. The van der Waals surface area contributed by atoms with Crippen molar-refractivity contribution in [3.8, 4) is 6.07 Å². The highest BCUT2D eigenvalue weighted by Crippen LogP contribution is 2.35. The van der Waals surface area contributed by atoms with E-state index in [0.29, 0.717) is 24.0 Å². The van der Waals surface area contributed by atoms with Crippen molar-refractivity contribution in [1.82, 2.24) is 0 Å². The molecule has 102 valence electrons. The van der Waals surface area contributed by atoms with Crippen LogP contribution in [0.15, 0.2) is 0 Å². The third-order valence-corrected chi connectivity index (χ3v) is 7.00. The Kier molecular flexibility index (Phi) is 4.32. The Bertz CT molecular complexity index is 418. The standard InChI is InChI=1S/C14H23NO2S/c1-11-6-7-13(9-15)14(8-11)18(16,17)10-12-4-2-3-5-12/h11-14H,2-8,10H2,1H3. The fourth-order valence-corrected chi connectivity index (χ4v) is 6.06. The molecule has 2 fully saturated rings. The zero-order valence-corrected chi connectivity index (χ0v) is 12.0. The Hall–Kier alpha value is -0.560. The summed E-state index contributed by atoms with van der Waals surface area (Å²) in [5.74, 6) is 0.847. The summed E-state index contributed by atoms with van der Waals surface area (Å²) in [6, 6.07) is 2.23. The monoisotopic (exact) mass is 269 g/mol. The van der Waals surface area contributed by atoms with Gasteiger partial charge in [-0.25, -0.2) is 8.42 Å². The summed E-state index contributed by atoms with van der Waals surface area (Å²) < 4.78 is 25.0. The molecule has 0 aliphatic heterocycles. The van der Waals surface area contributed by atoms with Crippen LogP contribution in [0.3, 0.4) is 0 Å². The highest BCUT2D eigenvalue weighted by molar-refractivity contribution is 7.92. The lowest BCUT2D eigenvalue weighted by molar-refractivity contribution is 0.333. The van der Waals surface area contributed by atoms with Crippen LogP contribution < -0.4 is 0 Å². The van der Waals surface area contributed by atoms with Crippen LogP contribution in [0.2, 0.25) is 0 Å². The van der Waals surface area contributed by atoms with E-state index in [9.17, 15) is 8.42 Å². The molecule has 2 saturated carbocycles. The first-order valence-corrected chi connectivity index (χ1v) is 8.85. The molecule has 0 amide bonds. The lowest BCUT2D eigenvalue weighted by atomic mass is 9.83. The van der Waals surface area contributed by atoms with Crippen LogP contribution in [-0.2, 0) is 9.84 Å². The van der Waals surface area contributed by atoms with Crippen LogP contribution in [0.25, 0.3) is 0 Å². The minimum absolute atomic E-state index is 0.271. The maximum Gasteiger partial charge on any atom is 0.154 e. The first-order chi connectivity index (χ1) is 8.53. The van der Waals surface area contributed by atoms with Crippen LogP contribution in [-0.4, -0.2) is 19.4 Å². The second-order valence-corrected chi connectivity index (χ2v) is 8.44. The zero-order valence-electron chi connectivity index (χ0n) is 11.1. The Morgan fingerprint density at radius 2 is 1.83 bits per heavy atom. The molecule has 0 heterocycles. The smallest absolute Gasteiger partial charge is 0.154 e. The van der Waals surface area contributed by atoms with Crippen molar-refractivity contribution >= 4 is 9.84 Å². The molecule has 0 aromatic rings. The molecule has 18 heavy (non-hydrogen) atoms. The number of nitriles is 1. The molecule has 2 aliphatic rings. The van der Waals surface area contributed by atoms with Crippen molar-refractivity contribution in [2.75, 3.05) is 5.75 Å². The summed E-state index contributed by atoms with van der Waals surface area (Å²) in [5, 5.41) is 8.76. The second kappa shape index (κ2) is 5.61. The lowest BCUT2D eigenvalue weighted by Gasteiger charge is -2.31. The lowest BCUT2D eigenvalue weighted by Crippen LogP contribution is -2.37. The zero-order chi connectivity index (χ0) is 13.2. The van der Waals surface area contributed by atoms with Crippen LogP contribution >= 0.6 is 0 Å². The Morgan fingerprint density at radius 3 is 2.44 bits per heavy atom. The molecule has 0 spiro atoms. The summed E-state index contributed by atoms with van der Waals surface area (Å²) in [5.41, 5.74) is 0. The van der Waals surface area contributed by atoms with Crippen LogP contribution in [0, 0.1) is 29.1 Å². The van der Waals surface area contributed by atoms with E-state index in [4.69, 9.17) is 5.26 Å². The van der Waals surface area contributed by atoms with Gasteiger partial charge in [0.2, 0.25) is 0 Å². The minimum Gasteiger partial charge on any atom is -0.228 e. The van der Waals surface area contributed by atoms with Crippen molar-refractivity contribution in [3.63, 3.8) is 0 Å². The first-order valence-electron chi connectivity index (χ1n) is 7.14. The SMILES string of the molecule is CC1CCC(C#N)C(S(=O)(=O)CC2CCCC2)C1. The molecule has 2 rings (SSSR count). The average Bonchev–Trinajstić information content (AvgIpc) is 2.81. The van der Waals surface area contributed by atoms with E-state index in [1.165, 1.54) is 12.8 Å². The van der Waals surface area contributed by atoms with Crippen molar-refractivity contribution in [2.45, 2.75) is 57.1 Å². The van der Waals surface area contributed by atoms with E-state index in [1.807, 2.05) is 0 Å². The van der Waals surface area contributed by atoms with Crippen molar-refractivity contribution in [3.05, 3.63) is 0 Å². The number of hydrogen-bond donors (Lipinski definition) is 0. The van der Waals surface area contributed by atoms with Gasteiger partial charge in [0.25, 0.3) is 0 Å². The molecule has 3 nitrogen and oxygen atoms in total. The van der Waals surface area contributed by atoms with Gasteiger partial charge in [0.1, 0.15) is 0 Å². The second-order valence-electron chi connectivity index (χ2n) is 6.17. The van der Waals surface area contributed by atoms with Crippen molar-refractivity contribution in [2.24, 2.45) is 17.8 Å². The Balaban J connectivity index is 2.08. The molecular weight excluding hydrogens is 246 g/mol. The molecule has 4 heteroatoms. The summed E-state index contributed by atoms with van der Waals surface area (Å²) >= 11 is 0. The predicted octanol–water partition coefficient (Wildman–Crippen LogP) is 2.92. The Morgan fingerprint density at radius 1 is 1.17 bits per heavy atom. The summed E-state index contributed by atoms with van der Waals surface area (Å²) in [4.78, 5) is 0. The van der Waals surface area contributed by atoms with Crippen molar-refractivity contribution in [1.29, 1.82) is 5.26 Å². The molecule has 3 unspecified atom stereocenters. The number of sulfone groups is 1. The van der Waals surface area contributed by atoms with E-state index in [2.05, 4.69) is 13.0 Å². The average molecular weight is 269 g/mol. The number of nitrogens with zero attached hydrogens (tertiary/aromatic N) is 1. The molecule has 0 bridgehead atoms. The van der Waals surface area contributed by atoms with E-state index in [0.717, 1.165) is 25.7 Å². The van der Waals surface area contributed by atoms with Gasteiger partial charge in [0, 0.05) is 0 Å². The van der Waals surface area contributed by atoms with E-state index in [1.54, 1.807) is 0 Å². The van der Waals surface area contributed by atoms with E-state index < -0.39 is 15.1 Å². The molecule has 0 radical (unpaired) electrons. The van der Waals surface area contributed by atoms with Gasteiger partial charge in [0.05, 0.1) is 23.0 Å². The van der Waals surface area contributed by atoms with Gasteiger partial charge in [-0.3, -0.25) is 0 Å². The molecule has 3 atom stereocenters. The molecule has 0 aromatic heterocycles. The number of rotatable bonds is 3. The molecule has 0 saturated heterocycles. The van der Waals surface area contributed by atoms with Gasteiger partial charge in [-0.05, 0) is 43.9 Å². The maximum atomic E-state index is 12.5. The highest BCUT2D eigenvalue weighted by atomic mass is 32.2. The molecular formula is C14H23NO2S. The summed E-state index contributed by atoms with van der Waals surface area (Å²) in [7, 11) is -3.08. The normalized spacial score (nSPS) is 34.3. The molecule has 0 N–H and O–H groups in total. The van der Waals surface area contributed by atoms with E-state index in [-0.39, 0.29) is 5.92 Å².